The maximum absolute atomic E-state index is 13.4. The van der Waals surface area contributed by atoms with Gasteiger partial charge in [0.15, 0.2) is 9.84 Å². The number of aromatic nitrogens is 1. The summed E-state index contributed by atoms with van der Waals surface area (Å²) in [7, 11) is -3.80. The Labute approximate surface area is 207 Å². The Morgan fingerprint density at radius 2 is 2.00 bits per heavy atom. The number of halogens is 1. The maximum Gasteiger partial charge on any atom is 0.344 e. The van der Waals surface area contributed by atoms with E-state index in [1.54, 1.807) is 13.8 Å². The fraction of sp³-hybridized carbons (Fsp3) is 0.500. The molecular formula is C24H26ClNO8S. The van der Waals surface area contributed by atoms with Crippen LogP contribution in [0.15, 0.2) is 27.9 Å². The summed E-state index contributed by atoms with van der Waals surface area (Å²) in [6, 6.07) is 4.16. The Kier molecular flexibility index (Phi) is 6.41. The predicted molar refractivity (Wildman–Crippen MR) is 127 cm³/mol. The molecule has 0 amide bonds. The lowest BCUT2D eigenvalue weighted by Crippen LogP contribution is -2.33. The normalized spacial score (nSPS) is 20.7. The van der Waals surface area contributed by atoms with Gasteiger partial charge in [-0.15, -0.1) is 0 Å². The molecule has 1 atom stereocenters. The van der Waals surface area contributed by atoms with Gasteiger partial charge >= 0.3 is 5.97 Å². The smallest absolute Gasteiger partial charge is 0.344 e. The number of pyridine rings is 1. The Bertz CT molecular complexity index is 1340. The molecule has 188 valence electrons. The number of sulfone groups is 1. The van der Waals surface area contributed by atoms with Crippen molar-refractivity contribution < 1.29 is 32.2 Å². The molecule has 1 saturated heterocycles. The average molecular weight is 524 g/mol. The van der Waals surface area contributed by atoms with Crippen LogP contribution in [0.2, 0.25) is 5.02 Å². The summed E-state index contributed by atoms with van der Waals surface area (Å²) in [6.45, 7) is 4.89. The van der Waals surface area contributed by atoms with Crippen molar-refractivity contribution in [3.05, 3.63) is 44.7 Å². The molecule has 0 N–H and O–H groups in total. The number of esters is 1. The summed E-state index contributed by atoms with van der Waals surface area (Å²) < 4.78 is 50.1. The van der Waals surface area contributed by atoms with Crippen LogP contribution in [0.1, 0.15) is 48.7 Å². The van der Waals surface area contributed by atoms with Gasteiger partial charge in [-0.25, -0.2) is 13.2 Å². The topological polar surface area (TPSA) is 110 Å². The van der Waals surface area contributed by atoms with Crippen molar-refractivity contribution in [2.75, 3.05) is 26.4 Å². The van der Waals surface area contributed by atoms with E-state index in [1.807, 2.05) is 0 Å². The highest BCUT2D eigenvalue weighted by Crippen LogP contribution is 2.46. The Balaban J connectivity index is 1.60. The zero-order valence-corrected chi connectivity index (χ0v) is 21.0. The van der Waals surface area contributed by atoms with Gasteiger partial charge in [-0.05, 0) is 44.4 Å². The van der Waals surface area contributed by atoms with Crippen molar-refractivity contribution in [3.63, 3.8) is 0 Å². The Morgan fingerprint density at radius 3 is 2.66 bits per heavy atom. The standard InChI is InChI=1S/C24H26ClNO8S/c1-13(2)34-24(28)18-7-14-12-35(29,30)21-9-20(33-11-16-10-31-5-6-32-16)19(25)8-17(21)22(14)26(23(18)27)15-3-4-15/h7-9,13,15-16H,3-6,10-12H2,1-2H3/t16-/m0/s1. The second-order valence-corrected chi connectivity index (χ2v) is 11.6. The summed E-state index contributed by atoms with van der Waals surface area (Å²) in [5.41, 5.74) is 0.517. The van der Waals surface area contributed by atoms with E-state index in [4.69, 9.17) is 30.5 Å². The Hall–Kier alpha value is -2.40. The van der Waals surface area contributed by atoms with E-state index < -0.39 is 27.5 Å². The minimum Gasteiger partial charge on any atom is -0.489 e. The lowest BCUT2D eigenvalue weighted by atomic mass is 10.0. The number of rotatable bonds is 6. The number of fused-ring (bicyclic) bond motifs is 3. The fourth-order valence-electron chi connectivity index (χ4n) is 4.39. The first-order valence-electron chi connectivity index (χ1n) is 11.5. The zero-order valence-electron chi connectivity index (χ0n) is 19.4. The number of hydrogen-bond donors (Lipinski definition) is 0. The molecule has 0 radical (unpaired) electrons. The molecule has 9 nitrogen and oxygen atoms in total. The Morgan fingerprint density at radius 1 is 1.23 bits per heavy atom. The summed E-state index contributed by atoms with van der Waals surface area (Å²) >= 11 is 6.51. The second kappa shape index (κ2) is 9.24. The first-order chi connectivity index (χ1) is 16.7. The van der Waals surface area contributed by atoms with E-state index in [0.717, 1.165) is 12.8 Å². The van der Waals surface area contributed by atoms with Gasteiger partial charge in [0, 0.05) is 17.7 Å². The van der Waals surface area contributed by atoms with Gasteiger partial charge in [0.2, 0.25) is 0 Å². The number of carbonyl (C=O) groups excluding carboxylic acids is 1. The van der Waals surface area contributed by atoms with E-state index >= 15 is 0 Å². The summed E-state index contributed by atoms with van der Waals surface area (Å²) in [5.74, 6) is -0.907. The molecule has 1 aromatic carbocycles. The monoisotopic (exact) mass is 523 g/mol. The van der Waals surface area contributed by atoms with Crippen molar-refractivity contribution >= 4 is 27.4 Å². The molecule has 11 heteroatoms. The predicted octanol–water partition coefficient (Wildman–Crippen LogP) is 3.15. The number of benzene rings is 1. The molecule has 0 unspecified atom stereocenters. The van der Waals surface area contributed by atoms with Crippen LogP contribution in [0, 0.1) is 0 Å². The molecule has 0 spiro atoms. The van der Waals surface area contributed by atoms with Crippen LogP contribution >= 0.6 is 11.6 Å². The lowest BCUT2D eigenvalue weighted by molar-refractivity contribution is -0.101. The largest absolute Gasteiger partial charge is 0.489 e. The molecule has 1 aliphatic carbocycles. The summed E-state index contributed by atoms with van der Waals surface area (Å²) in [4.78, 5) is 26.0. The molecule has 0 bridgehead atoms. The van der Waals surface area contributed by atoms with Crippen LogP contribution in [0.3, 0.4) is 0 Å². The first kappa shape index (κ1) is 24.3. The highest BCUT2D eigenvalue weighted by Gasteiger charge is 2.38. The van der Waals surface area contributed by atoms with E-state index in [0.29, 0.717) is 36.6 Å². The van der Waals surface area contributed by atoms with E-state index in [2.05, 4.69) is 0 Å². The van der Waals surface area contributed by atoms with E-state index in [1.165, 1.54) is 22.8 Å². The van der Waals surface area contributed by atoms with Crippen LogP contribution < -0.4 is 10.3 Å². The van der Waals surface area contributed by atoms with Gasteiger partial charge in [0.1, 0.15) is 24.0 Å². The number of hydrogen-bond acceptors (Lipinski definition) is 8. The van der Waals surface area contributed by atoms with Gasteiger partial charge in [-0.1, -0.05) is 11.6 Å². The average Bonchev–Trinajstić information content (AvgIpc) is 3.63. The number of ether oxygens (including phenoxy) is 4. The van der Waals surface area contributed by atoms with Crippen molar-refractivity contribution in [2.24, 2.45) is 0 Å². The highest BCUT2D eigenvalue weighted by atomic mass is 35.5. The third kappa shape index (κ3) is 4.72. The van der Waals surface area contributed by atoms with Crippen LogP contribution in [0.4, 0.5) is 0 Å². The quantitative estimate of drug-likeness (QED) is 0.531. The van der Waals surface area contributed by atoms with Gasteiger partial charge in [-0.3, -0.25) is 4.79 Å². The lowest BCUT2D eigenvalue weighted by Gasteiger charge is -2.26. The number of nitrogens with zero attached hydrogens (tertiary/aromatic N) is 1. The molecule has 2 aliphatic heterocycles. The minimum absolute atomic E-state index is 0.0384. The molecular weight excluding hydrogens is 498 g/mol. The van der Waals surface area contributed by atoms with Crippen LogP contribution in [0.5, 0.6) is 5.75 Å². The molecule has 2 fully saturated rings. The molecule has 5 rings (SSSR count). The van der Waals surface area contributed by atoms with Gasteiger partial charge in [0.05, 0.1) is 47.3 Å². The van der Waals surface area contributed by atoms with Crippen molar-refractivity contribution in [1.82, 2.24) is 4.57 Å². The van der Waals surface area contributed by atoms with Crippen LogP contribution in [-0.2, 0) is 29.8 Å². The zero-order chi connectivity index (χ0) is 24.9. The molecule has 35 heavy (non-hydrogen) atoms. The van der Waals surface area contributed by atoms with Crippen molar-refractivity contribution in [3.8, 4) is 17.0 Å². The summed E-state index contributed by atoms with van der Waals surface area (Å²) in [5, 5.41) is 0.210. The van der Waals surface area contributed by atoms with E-state index in [-0.39, 0.29) is 45.7 Å². The second-order valence-electron chi connectivity index (χ2n) is 9.21. The first-order valence-corrected chi connectivity index (χ1v) is 13.6. The molecule has 3 aliphatic rings. The minimum atomic E-state index is -3.80. The van der Waals surface area contributed by atoms with Crippen LogP contribution in [-0.4, -0.2) is 57.6 Å². The molecule has 1 saturated carbocycles. The molecule has 1 aromatic heterocycles. The van der Waals surface area contributed by atoms with Gasteiger partial charge < -0.3 is 23.5 Å². The van der Waals surface area contributed by atoms with E-state index in [9.17, 15) is 18.0 Å². The summed E-state index contributed by atoms with van der Waals surface area (Å²) in [6.07, 6.45) is 0.821. The molecule has 2 aromatic rings. The van der Waals surface area contributed by atoms with Gasteiger partial charge in [-0.2, -0.15) is 0 Å². The van der Waals surface area contributed by atoms with Crippen molar-refractivity contribution in [1.29, 1.82) is 0 Å². The molecule has 3 heterocycles. The van der Waals surface area contributed by atoms with Gasteiger partial charge in [0.25, 0.3) is 5.56 Å². The SMILES string of the molecule is CC(C)OC(=O)c1cc2c(n(C3CC3)c1=O)-c1cc(Cl)c(OC[C@@H]3COCCO3)cc1S(=O)(=O)C2. The van der Waals surface area contributed by atoms with Crippen LogP contribution in [0.25, 0.3) is 11.3 Å². The van der Waals surface area contributed by atoms with Crippen molar-refractivity contribution in [2.45, 2.75) is 55.6 Å². The highest BCUT2D eigenvalue weighted by molar-refractivity contribution is 7.90. The number of carbonyl (C=O) groups is 1. The third-order valence-corrected chi connectivity index (χ3v) is 8.06. The third-order valence-electron chi connectivity index (χ3n) is 6.07. The fourth-order valence-corrected chi connectivity index (χ4v) is 6.17. The maximum atomic E-state index is 13.4.